The molecule has 0 saturated heterocycles. The molecule has 2 atom stereocenters. The summed E-state index contributed by atoms with van der Waals surface area (Å²) in [5.41, 5.74) is 0. The average Bonchev–Trinajstić information content (AvgIpc) is 2.32. The number of hydrogen-bond acceptors (Lipinski definition) is 2. The van der Waals surface area contributed by atoms with Gasteiger partial charge in [0.15, 0.2) is 0 Å². The first-order chi connectivity index (χ1) is 8.49. The van der Waals surface area contributed by atoms with Crippen LogP contribution in [0.1, 0.15) is 25.7 Å². The van der Waals surface area contributed by atoms with Gasteiger partial charge in [0.25, 0.3) is 0 Å². The van der Waals surface area contributed by atoms with Gasteiger partial charge in [-0.15, -0.1) is 11.6 Å². The fourth-order valence-corrected chi connectivity index (χ4v) is 3.95. The van der Waals surface area contributed by atoms with E-state index in [1.165, 1.54) is 12.1 Å². The van der Waals surface area contributed by atoms with Crippen molar-refractivity contribution in [2.45, 2.75) is 42.0 Å². The average molecular weight is 308 g/mol. The molecule has 2 rings (SSSR count). The van der Waals surface area contributed by atoms with E-state index in [0.717, 1.165) is 25.7 Å². The molecular formula is C12H15Cl2NO2S. The van der Waals surface area contributed by atoms with Gasteiger partial charge in [0.1, 0.15) is 0 Å². The minimum Gasteiger partial charge on any atom is -0.207 e. The Labute approximate surface area is 118 Å². The van der Waals surface area contributed by atoms with E-state index in [4.69, 9.17) is 23.2 Å². The summed E-state index contributed by atoms with van der Waals surface area (Å²) in [6.07, 6.45) is 3.72. The van der Waals surface area contributed by atoms with Crippen LogP contribution in [0, 0.1) is 0 Å². The van der Waals surface area contributed by atoms with E-state index in [2.05, 4.69) is 4.72 Å². The summed E-state index contributed by atoms with van der Waals surface area (Å²) < 4.78 is 27.0. The normalized spacial score (nSPS) is 25.0. The molecule has 1 saturated carbocycles. The highest BCUT2D eigenvalue weighted by Gasteiger charge is 2.27. The van der Waals surface area contributed by atoms with E-state index in [0.29, 0.717) is 5.02 Å². The molecule has 0 bridgehead atoms. The molecule has 3 nitrogen and oxygen atoms in total. The van der Waals surface area contributed by atoms with Crippen molar-refractivity contribution in [3.63, 3.8) is 0 Å². The molecule has 1 aromatic carbocycles. The summed E-state index contributed by atoms with van der Waals surface area (Å²) in [7, 11) is -3.50. The van der Waals surface area contributed by atoms with Gasteiger partial charge in [-0.2, -0.15) is 0 Å². The van der Waals surface area contributed by atoms with Crippen LogP contribution in [0.25, 0.3) is 0 Å². The smallest absolute Gasteiger partial charge is 0.207 e. The van der Waals surface area contributed by atoms with Crippen LogP contribution in [0.3, 0.4) is 0 Å². The largest absolute Gasteiger partial charge is 0.240 e. The highest BCUT2D eigenvalue weighted by molar-refractivity contribution is 7.89. The van der Waals surface area contributed by atoms with Crippen molar-refractivity contribution in [2.24, 2.45) is 0 Å². The third kappa shape index (κ3) is 3.38. The first kappa shape index (κ1) is 14.1. The minimum atomic E-state index is -3.50. The maximum atomic E-state index is 12.1. The lowest BCUT2D eigenvalue weighted by Gasteiger charge is -2.27. The molecule has 0 amide bonds. The van der Waals surface area contributed by atoms with Gasteiger partial charge in [-0.05, 0) is 37.1 Å². The maximum Gasteiger partial charge on any atom is 0.240 e. The van der Waals surface area contributed by atoms with Gasteiger partial charge in [0, 0.05) is 16.4 Å². The van der Waals surface area contributed by atoms with Crippen molar-refractivity contribution in [3.8, 4) is 0 Å². The summed E-state index contributed by atoms with van der Waals surface area (Å²) >= 11 is 11.9. The molecule has 6 heteroatoms. The van der Waals surface area contributed by atoms with Crippen LogP contribution < -0.4 is 4.72 Å². The third-order valence-electron chi connectivity index (χ3n) is 3.11. The molecule has 1 aliphatic rings. The van der Waals surface area contributed by atoms with Crippen LogP contribution in [-0.2, 0) is 10.0 Å². The highest BCUT2D eigenvalue weighted by atomic mass is 35.5. The number of rotatable bonds is 3. The third-order valence-corrected chi connectivity index (χ3v) is 5.39. The lowest BCUT2D eigenvalue weighted by molar-refractivity contribution is 0.418. The zero-order valence-corrected chi connectivity index (χ0v) is 12.1. The second kappa shape index (κ2) is 5.78. The zero-order valence-electron chi connectivity index (χ0n) is 9.77. The Bertz CT molecular complexity index is 501. The summed E-state index contributed by atoms with van der Waals surface area (Å²) in [5.74, 6) is 0. The molecule has 100 valence electrons. The molecule has 1 N–H and O–H groups in total. The Hall–Kier alpha value is -0.290. The van der Waals surface area contributed by atoms with Crippen molar-refractivity contribution < 1.29 is 8.42 Å². The van der Waals surface area contributed by atoms with Crippen LogP contribution in [0.5, 0.6) is 0 Å². The van der Waals surface area contributed by atoms with Crippen LogP contribution in [0.4, 0.5) is 0 Å². The molecule has 0 aliphatic heterocycles. The van der Waals surface area contributed by atoms with Crippen molar-refractivity contribution in [1.82, 2.24) is 4.72 Å². The van der Waals surface area contributed by atoms with E-state index in [-0.39, 0.29) is 16.3 Å². The lowest BCUT2D eigenvalue weighted by Crippen LogP contribution is -2.42. The van der Waals surface area contributed by atoms with Gasteiger partial charge in [0.05, 0.1) is 4.90 Å². The molecule has 1 aromatic rings. The summed E-state index contributed by atoms with van der Waals surface area (Å²) in [6, 6.07) is 5.94. The molecule has 0 radical (unpaired) electrons. The van der Waals surface area contributed by atoms with Gasteiger partial charge >= 0.3 is 0 Å². The Kier molecular flexibility index (Phi) is 4.54. The zero-order chi connectivity index (χ0) is 13.2. The second-order valence-electron chi connectivity index (χ2n) is 4.48. The van der Waals surface area contributed by atoms with Crippen molar-refractivity contribution in [1.29, 1.82) is 0 Å². The maximum absolute atomic E-state index is 12.1. The Morgan fingerprint density at radius 3 is 2.33 bits per heavy atom. The topological polar surface area (TPSA) is 46.2 Å². The Morgan fingerprint density at radius 2 is 1.72 bits per heavy atom. The van der Waals surface area contributed by atoms with Gasteiger partial charge in [-0.1, -0.05) is 24.4 Å². The van der Waals surface area contributed by atoms with Gasteiger partial charge in [0.2, 0.25) is 10.0 Å². The fraction of sp³-hybridized carbons (Fsp3) is 0.500. The number of alkyl halides is 1. The molecule has 1 fully saturated rings. The highest BCUT2D eigenvalue weighted by Crippen LogP contribution is 2.24. The molecule has 18 heavy (non-hydrogen) atoms. The van der Waals surface area contributed by atoms with Crippen molar-refractivity contribution in [3.05, 3.63) is 29.3 Å². The molecular weight excluding hydrogens is 293 g/mol. The van der Waals surface area contributed by atoms with E-state index < -0.39 is 10.0 Å². The SMILES string of the molecule is O=S(=O)(NC1CCCCC1Cl)c1ccc(Cl)cc1. The van der Waals surface area contributed by atoms with Gasteiger partial charge in [-0.3, -0.25) is 0 Å². The van der Waals surface area contributed by atoms with Crippen molar-refractivity contribution >= 4 is 33.2 Å². The van der Waals surface area contributed by atoms with Crippen LogP contribution >= 0.6 is 23.2 Å². The lowest BCUT2D eigenvalue weighted by atomic mass is 9.96. The predicted octanol–water partition coefficient (Wildman–Crippen LogP) is 3.17. The second-order valence-corrected chi connectivity index (χ2v) is 7.19. The first-order valence-corrected chi connectivity index (χ1v) is 8.21. The quantitative estimate of drug-likeness (QED) is 0.872. The van der Waals surface area contributed by atoms with E-state index in [1.807, 2.05) is 0 Å². The van der Waals surface area contributed by atoms with E-state index >= 15 is 0 Å². The molecule has 2 unspecified atom stereocenters. The number of sulfonamides is 1. The Morgan fingerprint density at radius 1 is 1.11 bits per heavy atom. The Balaban J connectivity index is 2.13. The number of halogens is 2. The predicted molar refractivity (Wildman–Crippen MR) is 73.7 cm³/mol. The first-order valence-electron chi connectivity index (χ1n) is 5.91. The summed E-state index contributed by atoms with van der Waals surface area (Å²) in [5, 5.41) is 0.391. The summed E-state index contributed by atoms with van der Waals surface area (Å²) in [4.78, 5) is 0.223. The molecule has 0 aromatic heterocycles. The van der Waals surface area contributed by atoms with Crippen LogP contribution in [0.2, 0.25) is 5.02 Å². The monoisotopic (exact) mass is 307 g/mol. The van der Waals surface area contributed by atoms with Crippen LogP contribution in [-0.4, -0.2) is 19.8 Å². The number of benzene rings is 1. The summed E-state index contributed by atoms with van der Waals surface area (Å²) in [6.45, 7) is 0. The fourth-order valence-electron chi connectivity index (χ4n) is 2.10. The van der Waals surface area contributed by atoms with Gasteiger partial charge < -0.3 is 0 Å². The standard InChI is InChI=1S/C12H15Cl2NO2S/c13-9-5-7-10(8-6-9)18(16,17)15-12-4-2-1-3-11(12)14/h5-8,11-12,15H,1-4H2. The van der Waals surface area contributed by atoms with Gasteiger partial charge in [-0.25, -0.2) is 13.1 Å². The molecule has 0 spiro atoms. The van der Waals surface area contributed by atoms with Crippen LogP contribution in [0.15, 0.2) is 29.2 Å². The van der Waals surface area contributed by atoms with Crippen molar-refractivity contribution in [2.75, 3.05) is 0 Å². The number of nitrogens with one attached hydrogen (secondary N) is 1. The molecule has 0 heterocycles. The minimum absolute atomic E-state index is 0.124. The van der Waals surface area contributed by atoms with E-state index in [9.17, 15) is 8.42 Å². The number of hydrogen-bond donors (Lipinski definition) is 1. The molecule has 1 aliphatic carbocycles. The van der Waals surface area contributed by atoms with E-state index in [1.54, 1.807) is 12.1 Å².